The molecule has 0 aromatic rings. The van der Waals surface area contributed by atoms with E-state index >= 15 is 0 Å². The topological polar surface area (TPSA) is 20.2 Å². The largest absolute Gasteiger partial charge is 0.396 e. The minimum Gasteiger partial charge on any atom is -0.396 e. The lowest BCUT2D eigenvalue weighted by atomic mass is 9.89. The van der Waals surface area contributed by atoms with Gasteiger partial charge in [-0.3, -0.25) is 0 Å². The van der Waals surface area contributed by atoms with Crippen LogP contribution in [0.15, 0.2) is 95.7 Å². The number of unbranched alkanes of at least 4 members (excludes halogenated alkanes) is 1. The molecule has 1 heteroatoms. The molecule has 1 aliphatic carbocycles. The SMILES string of the molecule is CC(/C=C/C=C/C1CCCCC1)=C\C=C\C=C(C)\C=C\C=C(C)\C=C\CCCO. The molecule has 0 saturated heterocycles. The Hall–Kier alpha value is -2.12. The smallest absolute Gasteiger partial charge is 0.0433 e. The van der Waals surface area contributed by atoms with E-state index in [1.54, 1.807) is 0 Å². The summed E-state index contributed by atoms with van der Waals surface area (Å²) in [5.74, 6) is 0.791. The van der Waals surface area contributed by atoms with Crippen molar-refractivity contribution in [2.45, 2.75) is 65.7 Å². The lowest BCUT2D eigenvalue weighted by Crippen LogP contribution is -2.02. The maximum atomic E-state index is 8.77. The number of aliphatic hydroxyl groups excluding tert-OH is 1. The van der Waals surface area contributed by atoms with Crippen LogP contribution in [0.3, 0.4) is 0 Å². The third kappa shape index (κ3) is 14.5. The van der Waals surface area contributed by atoms with E-state index in [4.69, 9.17) is 5.11 Å². The van der Waals surface area contributed by atoms with Crippen molar-refractivity contribution in [2.75, 3.05) is 6.61 Å². The highest BCUT2D eigenvalue weighted by atomic mass is 16.2. The molecule has 0 aromatic carbocycles. The van der Waals surface area contributed by atoms with E-state index < -0.39 is 0 Å². The summed E-state index contributed by atoms with van der Waals surface area (Å²) in [5.41, 5.74) is 3.68. The number of allylic oxidation sites excluding steroid dienone is 16. The molecule has 0 heterocycles. The summed E-state index contributed by atoms with van der Waals surface area (Å²) in [6.07, 6.45) is 36.5. The summed E-state index contributed by atoms with van der Waals surface area (Å²) in [4.78, 5) is 0. The Kier molecular flexibility index (Phi) is 14.4. The second-order valence-corrected chi connectivity index (χ2v) is 7.89. The van der Waals surface area contributed by atoms with Gasteiger partial charge in [0.25, 0.3) is 0 Å². The van der Waals surface area contributed by atoms with E-state index in [9.17, 15) is 0 Å². The highest BCUT2D eigenvalue weighted by molar-refractivity contribution is 5.30. The van der Waals surface area contributed by atoms with Gasteiger partial charge in [0, 0.05) is 6.61 Å². The first-order valence-corrected chi connectivity index (χ1v) is 11.1. The highest BCUT2D eigenvalue weighted by Gasteiger charge is 2.08. The van der Waals surface area contributed by atoms with Crippen molar-refractivity contribution in [1.29, 1.82) is 0 Å². The molecular formula is C28H40O. The molecule has 0 spiro atoms. The van der Waals surface area contributed by atoms with Gasteiger partial charge in [-0.05, 0) is 52.4 Å². The van der Waals surface area contributed by atoms with Crippen LogP contribution in [-0.4, -0.2) is 11.7 Å². The van der Waals surface area contributed by atoms with Crippen LogP contribution in [0.5, 0.6) is 0 Å². The third-order valence-corrected chi connectivity index (χ3v) is 4.96. The predicted molar refractivity (Wildman–Crippen MR) is 130 cm³/mol. The Morgan fingerprint density at radius 2 is 1.31 bits per heavy atom. The van der Waals surface area contributed by atoms with Gasteiger partial charge < -0.3 is 5.11 Å². The molecule has 0 aromatic heterocycles. The van der Waals surface area contributed by atoms with Crippen molar-refractivity contribution in [2.24, 2.45) is 5.92 Å². The van der Waals surface area contributed by atoms with Crippen molar-refractivity contribution in [1.82, 2.24) is 0 Å². The summed E-state index contributed by atoms with van der Waals surface area (Å²) in [6.45, 7) is 6.58. The summed E-state index contributed by atoms with van der Waals surface area (Å²) in [5, 5.41) is 8.77. The number of hydrogen-bond acceptors (Lipinski definition) is 1. The van der Waals surface area contributed by atoms with Gasteiger partial charge in [0.05, 0.1) is 0 Å². The summed E-state index contributed by atoms with van der Waals surface area (Å²) >= 11 is 0. The fraction of sp³-hybridized carbons (Fsp3) is 0.429. The van der Waals surface area contributed by atoms with Crippen LogP contribution in [0.4, 0.5) is 0 Å². The van der Waals surface area contributed by atoms with Crippen LogP contribution >= 0.6 is 0 Å². The molecule has 1 aliphatic rings. The summed E-state index contributed by atoms with van der Waals surface area (Å²) in [6, 6.07) is 0. The fourth-order valence-corrected chi connectivity index (χ4v) is 3.17. The molecule has 29 heavy (non-hydrogen) atoms. The monoisotopic (exact) mass is 392 g/mol. The lowest BCUT2D eigenvalue weighted by Gasteiger charge is -2.17. The van der Waals surface area contributed by atoms with E-state index in [1.165, 1.54) is 48.8 Å². The van der Waals surface area contributed by atoms with E-state index in [0.717, 1.165) is 18.8 Å². The van der Waals surface area contributed by atoms with Gasteiger partial charge >= 0.3 is 0 Å². The highest BCUT2D eigenvalue weighted by Crippen LogP contribution is 2.24. The Morgan fingerprint density at radius 3 is 1.97 bits per heavy atom. The first kappa shape index (κ1) is 24.9. The maximum absolute atomic E-state index is 8.77. The lowest BCUT2D eigenvalue weighted by molar-refractivity contribution is 0.289. The Balaban J connectivity index is 2.38. The Bertz CT molecular complexity index is 671. The molecule has 0 radical (unpaired) electrons. The van der Waals surface area contributed by atoms with Crippen LogP contribution in [0.2, 0.25) is 0 Å². The quantitative estimate of drug-likeness (QED) is 0.279. The van der Waals surface area contributed by atoms with Gasteiger partial charge in [-0.25, -0.2) is 0 Å². The van der Waals surface area contributed by atoms with Gasteiger partial charge in [0.1, 0.15) is 0 Å². The molecule has 1 N–H and O–H groups in total. The zero-order valence-electron chi connectivity index (χ0n) is 18.7. The molecule has 0 aliphatic heterocycles. The average Bonchev–Trinajstić information content (AvgIpc) is 2.72. The normalized spacial score (nSPS) is 18.6. The first-order chi connectivity index (χ1) is 14.1. The number of hydrogen-bond donors (Lipinski definition) is 1. The second kappa shape index (κ2) is 16.8. The van der Waals surface area contributed by atoms with Gasteiger partial charge in [-0.2, -0.15) is 0 Å². The van der Waals surface area contributed by atoms with E-state index in [0.29, 0.717) is 0 Å². The Labute approximate surface area is 179 Å². The van der Waals surface area contributed by atoms with Crippen LogP contribution in [0.25, 0.3) is 0 Å². The zero-order valence-corrected chi connectivity index (χ0v) is 18.7. The molecular weight excluding hydrogens is 352 g/mol. The van der Waals surface area contributed by atoms with Crippen LogP contribution in [0, 0.1) is 5.92 Å². The molecule has 1 fully saturated rings. The second-order valence-electron chi connectivity index (χ2n) is 7.89. The Morgan fingerprint density at radius 1 is 0.724 bits per heavy atom. The molecule has 0 amide bonds. The third-order valence-electron chi connectivity index (χ3n) is 4.96. The van der Waals surface area contributed by atoms with E-state index in [2.05, 4.69) is 99.8 Å². The first-order valence-electron chi connectivity index (χ1n) is 11.1. The van der Waals surface area contributed by atoms with Gasteiger partial charge in [0.2, 0.25) is 0 Å². The van der Waals surface area contributed by atoms with Crippen LogP contribution in [0.1, 0.15) is 65.7 Å². The standard InChI is InChI=1S/C28H40O/c1-25(18-11-12-23-28-21-7-4-8-22-28)16-9-10-17-27(3)20-14-19-26(2)15-6-5-13-24-29/h6,9-12,14-20,23,28-29H,4-5,7-8,13,21-22,24H2,1-3H3/b10-9+,15-6+,18-11+,20-14+,23-12+,25-16+,26-19+,27-17+. The minimum absolute atomic E-state index is 0.257. The van der Waals surface area contributed by atoms with Crippen LogP contribution in [-0.2, 0) is 0 Å². The molecule has 0 atom stereocenters. The summed E-state index contributed by atoms with van der Waals surface area (Å²) < 4.78 is 0. The van der Waals surface area contributed by atoms with Crippen LogP contribution < -0.4 is 0 Å². The molecule has 1 rings (SSSR count). The predicted octanol–water partition coefficient (Wildman–Crippen LogP) is 7.96. The van der Waals surface area contributed by atoms with Gasteiger partial charge in [0.15, 0.2) is 0 Å². The molecule has 158 valence electrons. The molecule has 1 nitrogen and oxygen atoms in total. The number of rotatable bonds is 11. The van der Waals surface area contributed by atoms with Crippen molar-refractivity contribution in [3.8, 4) is 0 Å². The maximum Gasteiger partial charge on any atom is 0.0433 e. The average molecular weight is 393 g/mol. The van der Waals surface area contributed by atoms with E-state index in [1.807, 2.05) is 0 Å². The molecule has 1 saturated carbocycles. The number of aliphatic hydroxyl groups is 1. The fourth-order valence-electron chi connectivity index (χ4n) is 3.17. The van der Waals surface area contributed by atoms with Crippen molar-refractivity contribution < 1.29 is 5.11 Å². The van der Waals surface area contributed by atoms with Crippen molar-refractivity contribution in [3.05, 3.63) is 95.7 Å². The molecule has 0 bridgehead atoms. The van der Waals surface area contributed by atoms with Crippen molar-refractivity contribution in [3.63, 3.8) is 0 Å². The summed E-state index contributed by atoms with van der Waals surface area (Å²) in [7, 11) is 0. The zero-order chi connectivity index (χ0) is 21.2. The van der Waals surface area contributed by atoms with Gasteiger partial charge in [-0.15, -0.1) is 0 Å². The van der Waals surface area contributed by atoms with E-state index in [-0.39, 0.29) is 6.61 Å². The minimum atomic E-state index is 0.257. The van der Waals surface area contributed by atoms with Crippen molar-refractivity contribution >= 4 is 0 Å². The van der Waals surface area contributed by atoms with Gasteiger partial charge in [-0.1, -0.05) is 115 Å². The molecule has 0 unspecified atom stereocenters.